The van der Waals surface area contributed by atoms with Gasteiger partial charge in [0.15, 0.2) is 0 Å². The zero-order valence-corrected chi connectivity index (χ0v) is 11.6. The predicted octanol–water partition coefficient (Wildman–Crippen LogP) is 2.63. The highest BCUT2D eigenvalue weighted by molar-refractivity contribution is 5.85. The second kappa shape index (κ2) is 6.48. The maximum atomic E-state index is 4.25. The lowest BCUT2D eigenvalue weighted by Crippen LogP contribution is -2.28. The van der Waals surface area contributed by atoms with Gasteiger partial charge in [-0.3, -0.25) is 4.68 Å². The molecule has 2 heterocycles. The highest BCUT2D eigenvalue weighted by Crippen LogP contribution is 2.27. The third-order valence-corrected chi connectivity index (χ3v) is 3.32. The average Bonchev–Trinajstić information content (AvgIpc) is 2.84. The number of para-hydroxylation sites is 2. The highest BCUT2D eigenvalue weighted by atomic mass is 35.5. The molecule has 0 spiro atoms. The van der Waals surface area contributed by atoms with Crippen LogP contribution in [-0.2, 0) is 6.54 Å². The summed E-state index contributed by atoms with van der Waals surface area (Å²) in [6.07, 6.45) is 5.02. The SMILES string of the molecule is Cl.c1ccc2c(c1)NCCCN2CCn1cccn1. The molecule has 4 nitrogen and oxygen atoms in total. The quantitative estimate of drug-likeness (QED) is 0.937. The molecule has 1 aromatic heterocycles. The summed E-state index contributed by atoms with van der Waals surface area (Å²) in [5.74, 6) is 0. The summed E-state index contributed by atoms with van der Waals surface area (Å²) in [7, 11) is 0. The van der Waals surface area contributed by atoms with Crippen molar-refractivity contribution in [3.8, 4) is 0 Å². The molecule has 5 heteroatoms. The van der Waals surface area contributed by atoms with Crippen LogP contribution in [0.5, 0.6) is 0 Å². The van der Waals surface area contributed by atoms with E-state index in [2.05, 4.69) is 39.6 Å². The van der Waals surface area contributed by atoms with Crippen molar-refractivity contribution in [2.75, 3.05) is 29.9 Å². The molecule has 3 rings (SSSR count). The van der Waals surface area contributed by atoms with E-state index in [0.29, 0.717) is 0 Å². The van der Waals surface area contributed by atoms with Crippen molar-refractivity contribution in [3.05, 3.63) is 42.7 Å². The maximum Gasteiger partial charge on any atom is 0.0602 e. The van der Waals surface area contributed by atoms with Crippen molar-refractivity contribution in [3.63, 3.8) is 0 Å². The fraction of sp³-hybridized carbons (Fsp3) is 0.357. The van der Waals surface area contributed by atoms with Crippen molar-refractivity contribution < 1.29 is 0 Å². The van der Waals surface area contributed by atoms with Crippen LogP contribution in [0, 0.1) is 0 Å². The standard InChI is InChI=1S/C14H18N4.ClH/c1-2-6-14-13(5-1)15-7-3-9-17(14)11-12-18-10-4-8-16-18;/h1-2,4-6,8,10,15H,3,7,9,11-12H2;1H. The Morgan fingerprint density at radius 1 is 1.16 bits per heavy atom. The Bertz CT molecular complexity index is 498. The second-order valence-electron chi connectivity index (χ2n) is 4.55. The van der Waals surface area contributed by atoms with Gasteiger partial charge < -0.3 is 10.2 Å². The average molecular weight is 279 g/mol. The number of hydrogen-bond acceptors (Lipinski definition) is 3. The van der Waals surface area contributed by atoms with Crippen LogP contribution in [0.2, 0.25) is 0 Å². The van der Waals surface area contributed by atoms with E-state index in [4.69, 9.17) is 0 Å². The van der Waals surface area contributed by atoms with Gasteiger partial charge in [-0.15, -0.1) is 12.4 Å². The van der Waals surface area contributed by atoms with Gasteiger partial charge in [-0.1, -0.05) is 12.1 Å². The first-order valence-electron chi connectivity index (χ1n) is 6.49. The summed E-state index contributed by atoms with van der Waals surface area (Å²) >= 11 is 0. The van der Waals surface area contributed by atoms with E-state index in [9.17, 15) is 0 Å². The van der Waals surface area contributed by atoms with Gasteiger partial charge in [0.1, 0.15) is 0 Å². The molecule has 0 atom stereocenters. The van der Waals surface area contributed by atoms with Gasteiger partial charge in [0.05, 0.1) is 17.9 Å². The molecule has 0 bridgehead atoms. The van der Waals surface area contributed by atoms with E-state index in [1.807, 2.05) is 23.1 Å². The molecule has 0 saturated carbocycles. The summed E-state index contributed by atoms with van der Waals surface area (Å²) in [5, 5.41) is 7.74. The van der Waals surface area contributed by atoms with Crippen LogP contribution < -0.4 is 10.2 Å². The number of rotatable bonds is 3. The van der Waals surface area contributed by atoms with Gasteiger partial charge in [0, 0.05) is 32.0 Å². The number of aromatic nitrogens is 2. The number of fused-ring (bicyclic) bond motifs is 1. The Balaban J connectivity index is 0.00000133. The van der Waals surface area contributed by atoms with Crippen molar-refractivity contribution in [1.29, 1.82) is 0 Å². The molecule has 0 fully saturated rings. The molecular formula is C14H19ClN4. The molecule has 0 unspecified atom stereocenters. The van der Waals surface area contributed by atoms with Crippen LogP contribution in [-0.4, -0.2) is 29.4 Å². The van der Waals surface area contributed by atoms with Crippen LogP contribution in [0.4, 0.5) is 11.4 Å². The van der Waals surface area contributed by atoms with E-state index in [1.54, 1.807) is 0 Å². The Morgan fingerprint density at radius 3 is 2.89 bits per heavy atom. The predicted molar refractivity (Wildman–Crippen MR) is 81.2 cm³/mol. The Morgan fingerprint density at radius 2 is 2.05 bits per heavy atom. The van der Waals surface area contributed by atoms with Gasteiger partial charge in [-0.25, -0.2) is 0 Å². The molecule has 1 N–H and O–H groups in total. The van der Waals surface area contributed by atoms with E-state index in [0.717, 1.165) is 26.2 Å². The number of nitrogens with zero attached hydrogens (tertiary/aromatic N) is 3. The Labute approximate surface area is 119 Å². The molecule has 19 heavy (non-hydrogen) atoms. The topological polar surface area (TPSA) is 33.1 Å². The lowest BCUT2D eigenvalue weighted by Gasteiger charge is -2.24. The number of halogens is 1. The molecule has 0 radical (unpaired) electrons. The number of hydrogen-bond donors (Lipinski definition) is 1. The van der Waals surface area contributed by atoms with Crippen LogP contribution >= 0.6 is 12.4 Å². The summed E-state index contributed by atoms with van der Waals surface area (Å²) in [6, 6.07) is 10.5. The molecule has 0 saturated heterocycles. The summed E-state index contributed by atoms with van der Waals surface area (Å²) in [6.45, 7) is 4.09. The van der Waals surface area contributed by atoms with Crippen molar-refractivity contribution in [2.24, 2.45) is 0 Å². The van der Waals surface area contributed by atoms with Crippen LogP contribution in [0.15, 0.2) is 42.7 Å². The van der Waals surface area contributed by atoms with Crippen LogP contribution in [0.25, 0.3) is 0 Å². The van der Waals surface area contributed by atoms with Gasteiger partial charge in [0.2, 0.25) is 0 Å². The lowest BCUT2D eigenvalue weighted by atomic mass is 10.2. The zero-order valence-electron chi connectivity index (χ0n) is 10.8. The monoisotopic (exact) mass is 278 g/mol. The normalized spacial score (nSPS) is 14.0. The fourth-order valence-corrected chi connectivity index (χ4v) is 2.40. The third kappa shape index (κ3) is 3.20. The minimum absolute atomic E-state index is 0. The molecule has 1 aromatic carbocycles. The Hall–Kier alpha value is -1.68. The van der Waals surface area contributed by atoms with Crippen LogP contribution in [0.1, 0.15) is 6.42 Å². The lowest BCUT2D eigenvalue weighted by molar-refractivity contribution is 0.594. The van der Waals surface area contributed by atoms with E-state index in [1.165, 1.54) is 17.8 Å². The third-order valence-electron chi connectivity index (χ3n) is 3.32. The minimum Gasteiger partial charge on any atom is -0.383 e. The highest BCUT2D eigenvalue weighted by Gasteiger charge is 2.13. The first-order valence-corrected chi connectivity index (χ1v) is 6.49. The van der Waals surface area contributed by atoms with Gasteiger partial charge in [0.25, 0.3) is 0 Å². The zero-order chi connectivity index (χ0) is 12.2. The summed E-state index contributed by atoms with van der Waals surface area (Å²) in [5.41, 5.74) is 2.55. The van der Waals surface area contributed by atoms with Crippen molar-refractivity contribution in [1.82, 2.24) is 9.78 Å². The number of benzene rings is 1. The van der Waals surface area contributed by atoms with Crippen LogP contribution in [0.3, 0.4) is 0 Å². The largest absolute Gasteiger partial charge is 0.383 e. The molecule has 0 amide bonds. The summed E-state index contributed by atoms with van der Waals surface area (Å²) in [4.78, 5) is 2.44. The van der Waals surface area contributed by atoms with Gasteiger partial charge in [-0.05, 0) is 24.6 Å². The van der Waals surface area contributed by atoms with E-state index in [-0.39, 0.29) is 12.4 Å². The minimum atomic E-state index is 0. The van der Waals surface area contributed by atoms with Gasteiger partial charge >= 0.3 is 0 Å². The summed E-state index contributed by atoms with van der Waals surface area (Å²) < 4.78 is 1.99. The molecule has 2 aromatic rings. The second-order valence-corrected chi connectivity index (χ2v) is 4.55. The van der Waals surface area contributed by atoms with Crippen molar-refractivity contribution in [2.45, 2.75) is 13.0 Å². The first kappa shape index (κ1) is 13.7. The molecule has 102 valence electrons. The first-order chi connectivity index (χ1) is 8.93. The molecule has 1 aliphatic rings. The van der Waals surface area contributed by atoms with Gasteiger partial charge in [-0.2, -0.15) is 5.10 Å². The molecular weight excluding hydrogens is 260 g/mol. The van der Waals surface area contributed by atoms with E-state index < -0.39 is 0 Å². The smallest absolute Gasteiger partial charge is 0.0602 e. The van der Waals surface area contributed by atoms with E-state index >= 15 is 0 Å². The molecule has 0 aliphatic carbocycles. The molecule has 1 aliphatic heterocycles. The van der Waals surface area contributed by atoms with Crippen molar-refractivity contribution >= 4 is 23.8 Å². The number of nitrogens with one attached hydrogen (secondary N) is 1. The Kier molecular flexibility index (Phi) is 4.68. The maximum absolute atomic E-state index is 4.25. The number of anilines is 2. The fourth-order valence-electron chi connectivity index (χ4n) is 2.40.